The number of hydrogen-bond acceptors (Lipinski definition) is 8. The Labute approximate surface area is 136 Å². The van der Waals surface area contributed by atoms with E-state index in [1.807, 2.05) is 0 Å². The third kappa shape index (κ3) is 5.09. The van der Waals surface area contributed by atoms with Crippen molar-refractivity contribution < 1.29 is 29.5 Å². The van der Waals surface area contributed by atoms with Gasteiger partial charge in [0.25, 0.3) is 0 Å². The lowest BCUT2D eigenvalue weighted by atomic mass is 10.1. The monoisotopic (exact) mass is 328 g/mol. The topological polar surface area (TPSA) is 123 Å². The highest BCUT2D eigenvalue weighted by Crippen LogP contribution is 2.07. The second-order valence-corrected chi connectivity index (χ2v) is 4.68. The summed E-state index contributed by atoms with van der Waals surface area (Å²) in [6.45, 7) is 0.195. The summed E-state index contributed by atoms with van der Waals surface area (Å²) >= 11 is 0. The Bertz CT molecular complexity index is 662. The number of carbonyl (C=O) groups excluding carboxylic acids is 2. The molecule has 0 aromatic heterocycles. The molecule has 0 fully saturated rings. The molecule has 0 saturated heterocycles. The second kappa shape index (κ2) is 8.28. The number of carboxylic acid groups (broad SMARTS) is 2. The number of nitrogens with zero attached hydrogens (tertiary/aromatic N) is 2. The summed E-state index contributed by atoms with van der Waals surface area (Å²) in [5.74, 6) is -2.49. The van der Waals surface area contributed by atoms with E-state index in [-0.39, 0.29) is 24.3 Å². The Kier molecular flexibility index (Phi) is 5.84. The largest absolute Gasteiger partial charge is 0.545 e. The summed E-state index contributed by atoms with van der Waals surface area (Å²) < 4.78 is 0. The van der Waals surface area contributed by atoms with Crippen molar-refractivity contribution in [1.82, 2.24) is 0 Å². The Balaban J connectivity index is 1.71. The van der Waals surface area contributed by atoms with Crippen LogP contribution in [-0.2, 0) is 22.9 Å². The van der Waals surface area contributed by atoms with Gasteiger partial charge in [-0.25, -0.2) is 0 Å². The molecule has 0 heterocycles. The number of carbonyl (C=O) groups is 2. The van der Waals surface area contributed by atoms with Gasteiger partial charge in [0, 0.05) is 0 Å². The van der Waals surface area contributed by atoms with Crippen molar-refractivity contribution in [3.63, 3.8) is 0 Å². The third-order valence-electron chi connectivity index (χ3n) is 2.99. The lowest BCUT2D eigenvalue weighted by molar-refractivity contribution is -0.256. The molecule has 0 spiro atoms. The summed E-state index contributed by atoms with van der Waals surface area (Å²) in [7, 11) is 0. The zero-order chi connectivity index (χ0) is 17.4. The van der Waals surface area contributed by atoms with E-state index < -0.39 is 11.9 Å². The van der Waals surface area contributed by atoms with Crippen molar-refractivity contribution in [3.05, 3.63) is 70.8 Å². The lowest BCUT2D eigenvalue weighted by Crippen LogP contribution is -2.22. The number of hydrogen-bond donors (Lipinski definition) is 0. The molecule has 24 heavy (non-hydrogen) atoms. The van der Waals surface area contributed by atoms with Gasteiger partial charge in [0.2, 0.25) is 0 Å². The van der Waals surface area contributed by atoms with E-state index in [0.717, 1.165) is 0 Å². The molecule has 0 bridgehead atoms. The van der Waals surface area contributed by atoms with Crippen LogP contribution in [0.3, 0.4) is 0 Å². The van der Waals surface area contributed by atoms with Gasteiger partial charge in [0.1, 0.15) is 13.2 Å². The third-order valence-corrected chi connectivity index (χ3v) is 2.99. The van der Waals surface area contributed by atoms with Gasteiger partial charge in [-0.05, 0) is 22.3 Å². The van der Waals surface area contributed by atoms with Crippen molar-refractivity contribution in [2.24, 2.45) is 10.6 Å². The Morgan fingerprint density at radius 1 is 0.708 bits per heavy atom. The maximum Gasteiger partial charge on any atom is 0.144 e. The molecule has 2 aromatic rings. The molecule has 8 heteroatoms. The van der Waals surface area contributed by atoms with Crippen LogP contribution in [0.2, 0.25) is 0 Å². The van der Waals surface area contributed by atoms with Gasteiger partial charge in [-0.3, -0.25) is 0 Å². The number of aromatic carboxylic acids is 2. The predicted molar refractivity (Wildman–Crippen MR) is 76.0 cm³/mol. The molecule has 8 nitrogen and oxygen atoms in total. The van der Waals surface area contributed by atoms with E-state index in [0.29, 0.717) is 11.1 Å². The van der Waals surface area contributed by atoms with Crippen LogP contribution in [0.15, 0.2) is 59.1 Å². The molecule has 0 aliphatic carbocycles. The highest BCUT2D eigenvalue weighted by Gasteiger charge is 1.97. The molecule has 124 valence electrons. The minimum Gasteiger partial charge on any atom is -0.545 e. The minimum atomic E-state index is -1.25. The number of benzene rings is 2. The average molecular weight is 328 g/mol. The van der Waals surface area contributed by atoms with Gasteiger partial charge in [0.05, 0.1) is 22.5 Å². The molecule has 0 N–H and O–H groups in total. The Morgan fingerprint density at radius 2 is 1.04 bits per heavy atom. The molecule has 0 aliphatic rings. The molecule has 0 atom stereocenters. The van der Waals surface area contributed by atoms with E-state index in [2.05, 4.69) is 10.6 Å². The maximum absolute atomic E-state index is 10.6. The molecule has 0 amide bonds. The van der Waals surface area contributed by atoms with Crippen LogP contribution < -0.4 is 10.2 Å². The van der Waals surface area contributed by atoms with Gasteiger partial charge in [-0.2, -0.15) is 0 Å². The van der Waals surface area contributed by atoms with Crippen LogP contribution in [0.5, 0.6) is 0 Å². The molecule has 2 rings (SSSR count). The van der Waals surface area contributed by atoms with Crippen molar-refractivity contribution in [1.29, 1.82) is 0 Å². The van der Waals surface area contributed by atoms with E-state index in [9.17, 15) is 19.8 Å². The van der Waals surface area contributed by atoms with E-state index >= 15 is 0 Å². The van der Waals surface area contributed by atoms with Gasteiger partial charge in [0.15, 0.2) is 0 Å². The summed E-state index contributed by atoms with van der Waals surface area (Å²) in [4.78, 5) is 31.0. The first-order valence-electron chi connectivity index (χ1n) is 6.81. The zero-order valence-electron chi connectivity index (χ0n) is 12.4. The molecular weight excluding hydrogens is 316 g/mol. The van der Waals surface area contributed by atoms with E-state index in [4.69, 9.17) is 9.68 Å². The van der Waals surface area contributed by atoms with Crippen LogP contribution in [0.25, 0.3) is 0 Å². The van der Waals surface area contributed by atoms with Gasteiger partial charge < -0.3 is 29.5 Å². The second-order valence-electron chi connectivity index (χ2n) is 4.68. The highest BCUT2D eigenvalue weighted by molar-refractivity contribution is 5.86. The summed E-state index contributed by atoms with van der Waals surface area (Å²) in [5.41, 5.74) is 1.57. The molecule has 0 saturated carbocycles. The fourth-order valence-corrected chi connectivity index (χ4v) is 1.73. The van der Waals surface area contributed by atoms with Gasteiger partial charge in [-0.15, -0.1) is 0 Å². The number of rotatable bonds is 8. The molecule has 2 aromatic carbocycles. The summed E-state index contributed by atoms with van der Waals surface area (Å²) in [6, 6.07) is 11.9. The first-order chi connectivity index (χ1) is 11.6. The minimum absolute atomic E-state index is 0.0772. The fraction of sp³-hybridized carbons (Fsp3) is 0.125. The number of carboxylic acids is 2. The van der Waals surface area contributed by atoms with Crippen molar-refractivity contribution in [2.45, 2.75) is 13.2 Å². The first-order valence-corrected chi connectivity index (χ1v) is 6.81. The van der Waals surface area contributed by atoms with E-state index in [1.165, 1.54) is 24.3 Å². The molecule has 0 radical (unpaired) electrons. The van der Waals surface area contributed by atoms with Crippen LogP contribution in [-0.4, -0.2) is 11.9 Å². The van der Waals surface area contributed by atoms with Crippen LogP contribution in [0, 0.1) is 0 Å². The van der Waals surface area contributed by atoms with Crippen LogP contribution in [0.1, 0.15) is 31.8 Å². The summed E-state index contributed by atoms with van der Waals surface area (Å²) in [6.07, 6.45) is 0. The van der Waals surface area contributed by atoms with Gasteiger partial charge in [-0.1, -0.05) is 48.5 Å². The lowest BCUT2D eigenvalue weighted by Gasteiger charge is -2.04. The highest BCUT2D eigenvalue weighted by atomic mass is 16.7. The first kappa shape index (κ1) is 16.9. The summed E-state index contributed by atoms with van der Waals surface area (Å²) in [5, 5.41) is 27.9. The SMILES string of the molecule is O=C([O-])c1ccc(CO/N=N/OCc2ccc(C(=O)[O-])cc2)cc1. The van der Waals surface area contributed by atoms with E-state index in [1.54, 1.807) is 24.3 Å². The van der Waals surface area contributed by atoms with Crippen molar-refractivity contribution >= 4 is 11.9 Å². The standard InChI is InChI=1S/C16H14N2O6/c19-15(20)13-5-1-11(2-6-13)9-23-17-18-24-10-12-3-7-14(8-4-12)16(21)22/h1-8H,9-10H2,(H,19,20)(H,21,22)/p-2/b18-17+. The Hall–Kier alpha value is -3.42. The van der Waals surface area contributed by atoms with Crippen molar-refractivity contribution in [2.75, 3.05) is 0 Å². The van der Waals surface area contributed by atoms with Crippen molar-refractivity contribution in [3.8, 4) is 0 Å². The zero-order valence-corrected chi connectivity index (χ0v) is 12.4. The fourth-order valence-electron chi connectivity index (χ4n) is 1.73. The quantitative estimate of drug-likeness (QED) is 0.511. The van der Waals surface area contributed by atoms with Crippen LogP contribution >= 0.6 is 0 Å². The molecule has 0 unspecified atom stereocenters. The predicted octanol–water partition coefficient (Wildman–Crippen LogP) is 0.429. The Morgan fingerprint density at radius 3 is 1.33 bits per heavy atom. The normalized spacial score (nSPS) is 10.5. The maximum atomic E-state index is 10.6. The average Bonchev–Trinajstić information content (AvgIpc) is 2.58. The smallest absolute Gasteiger partial charge is 0.144 e. The van der Waals surface area contributed by atoms with Crippen LogP contribution in [0.4, 0.5) is 0 Å². The molecule has 0 aliphatic heterocycles. The molecular formula is C16H12N2O6-2. The van der Waals surface area contributed by atoms with Gasteiger partial charge >= 0.3 is 0 Å².